The first-order chi connectivity index (χ1) is 9.86. The first kappa shape index (κ1) is 19.0. The summed E-state index contributed by atoms with van der Waals surface area (Å²) < 4.78 is 0. The molecule has 1 aliphatic carbocycles. The predicted molar refractivity (Wildman–Crippen MR) is 94.8 cm³/mol. The summed E-state index contributed by atoms with van der Waals surface area (Å²) in [5.41, 5.74) is 0.500. The maximum Gasteiger partial charge on any atom is 0.00697 e. The Morgan fingerprint density at radius 3 is 2.10 bits per heavy atom. The second kappa shape index (κ2) is 9.15. The standard InChI is InChI=1S/C19H40N2/c1-7-21(8-2)15-9-10-16(3)20-18-13-11-17(12-14-18)19(4,5)6/h16-18,20H,7-15H2,1-6H3. The summed E-state index contributed by atoms with van der Waals surface area (Å²) >= 11 is 0. The van der Waals surface area contributed by atoms with Gasteiger partial charge in [-0.3, -0.25) is 0 Å². The first-order valence-corrected chi connectivity index (χ1v) is 9.35. The molecule has 0 amide bonds. The first-order valence-electron chi connectivity index (χ1n) is 9.35. The van der Waals surface area contributed by atoms with Crippen molar-refractivity contribution in [2.24, 2.45) is 11.3 Å². The minimum absolute atomic E-state index is 0.500. The van der Waals surface area contributed by atoms with E-state index in [2.05, 4.69) is 51.8 Å². The van der Waals surface area contributed by atoms with Gasteiger partial charge in [0.05, 0.1) is 0 Å². The molecule has 21 heavy (non-hydrogen) atoms. The summed E-state index contributed by atoms with van der Waals surface area (Å²) in [5.74, 6) is 0.925. The Bertz CT molecular complexity index is 257. The van der Waals surface area contributed by atoms with Crippen LogP contribution in [0.4, 0.5) is 0 Å². The minimum Gasteiger partial charge on any atom is -0.312 e. The highest BCUT2D eigenvalue weighted by Gasteiger charge is 2.29. The van der Waals surface area contributed by atoms with Crippen LogP contribution >= 0.6 is 0 Å². The van der Waals surface area contributed by atoms with Crippen molar-refractivity contribution in [2.45, 2.75) is 92.2 Å². The quantitative estimate of drug-likeness (QED) is 0.699. The molecular weight excluding hydrogens is 256 g/mol. The van der Waals surface area contributed by atoms with Gasteiger partial charge in [0, 0.05) is 12.1 Å². The van der Waals surface area contributed by atoms with Crippen LogP contribution in [-0.2, 0) is 0 Å². The molecule has 1 atom stereocenters. The Morgan fingerprint density at radius 1 is 1.05 bits per heavy atom. The van der Waals surface area contributed by atoms with Crippen LogP contribution in [0, 0.1) is 11.3 Å². The van der Waals surface area contributed by atoms with Crippen LogP contribution in [0.2, 0.25) is 0 Å². The number of nitrogens with zero attached hydrogens (tertiary/aromatic N) is 1. The molecule has 0 aromatic rings. The summed E-state index contributed by atoms with van der Waals surface area (Å²) in [5, 5.41) is 3.88. The molecule has 1 aliphatic rings. The van der Waals surface area contributed by atoms with E-state index in [0.29, 0.717) is 11.5 Å². The third kappa shape index (κ3) is 7.15. The zero-order valence-corrected chi connectivity index (χ0v) is 15.5. The molecule has 0 heterocycles. The van der Waals surface area contributed by atoms with Crippen molar-refractivity contribution in [3.05, 3.63) is 0 Å². The van der Waals surface area contributed by atoms with Gasteiger partial charge in [-0.1, -0.05) is 34.6 Å². The smallest absolute Gasteiger partial charge is 0.00697 e. The van der Waals surface area contributed by atoms with Crippen LogP contribution < -0.4 is 5.32 Å². The van der Waals surface area contributed by atoms with Gasteiger partial charge in [-0.2, -0.15) is 0 Å². The Labute approximate surface area is 134 Å². The fourth-order valence-corrected chi connectivity index (χ4v) is 3.77. The molecule has 0 radical (unpaired) electrons. The van der Waals surface area contributed by atoms with Gasteiger partial charge < -0.3 is 10.2 Å². The normalized spacial score (nSPS) is 25.3. The number of nitrogens with one attached hydrogen (secondary N) is 1. The lowest BCUT2D eigenvalue weighted by atomic mass is 9.71. The van der Waals surface area contributed by atoms with Gasteiger partial charge in [-0.25, -0.2) is 0 Å². The zero-order valence-electron chi connectivity index (χ0n) is 15.5. The summed E-state index contributed by atoms with van der Waals surface area (Å²) in [4.78, 5) is 2.53. The largest absolute Gasteiger partial charge is 0.312 e. The van der Waals surface area contributed by atoms with Crippen LogP contribution in [-0.4, -0.2) is 36.6 Å². The van der Waals surface area contributed by atoms with Crippen LogP contribution in [0.5, 0.6) is 0 Å². The minimum atomic E-state index is 0.500. The Kier molecular flexibility index (Phi) is 8.26. The van der Waals surface area contributed by atoms with Crippen molar-refractivity contribution in [3.8, 4) is 0 Å². The Hall–Kier alpha value is -0.0800. The summed E-state index contributed by atoms with van der Waals surface area (Å²) in [6.07, 6.45) is 8.22. The van der Waals surface area contributed by atoms with Gasteiger partial charge in [-0.05, 0) is 76.4 Å². The van der Waals surface area contributed by atoms with Gasteiger partial charge in [0.1, 0.15) is 0 Å². The monoisotopic (exact) mass is 296 g/mol. The van der Waals surface area contributed by atoms with Crippen LogP contribution in [0.15, 0.2) is 0 Å². The van der Waals surface area contributed by atoms with E-state index in [1.165, 1.54) is 58.2 Å². The van der Waals surface area contributed by atoms with Crippen molar-refractivity contribution in [3.63, 3.8) is 0 Å². The van der Waals surface area contributed by atoms with Crippen molar-refractivity contribution in [1.82, 2.24) is 10.2 Å². The van der Waals surface area contributed by atoms with Crippen molar-refractivity contribution < 1.29 is 0 Å². The molecule has 1 saturated carbocycles. The van der Waals surface area contributed by atoms with E-state index >= 15 is 0 Å². The van der Waals surface area contributed by atoms with E-state index in [-0.39, 0.29) is 0 Å². The number of hydrogen-bond donors (Lipinski definition) is 1. The van der Waals surface area contributed by atoms with E-state index < -0.39 is 0 Å². The zero-order chi connectivity index (χ0) is 15.9. The maximum atomic E-state index is 3.88. The lowest BCUT2D eigenvalue weighted by Crippen LogP contribution is -2.41. The van der Waals surface area contributed by atoms with Gasteiger partial charge >= 0.3 is 0 Å². The molecule has 0 saturated heterocycles. The van der Waals surface area contributed by atoms with E-state index in [0.717, 1.165) is 12.0 Å². The van der Waals surface area contributed by atoms with Crippen molar-refractivity contribution >= 4 is 0 Å². The van der Waals surface area contributed by atoms with Crippen LogP contribution in [0.3, 0.4) is 0 Å². The Balaban J connectivity index is 2.17. The fourth-order valence-electron chi connectivity index (χ4n) is 3.77. The third-order valence-electron chi connectivity index (χ3n) is 5.48. The number of rotatable bonds is 8. The van der Waals surface area contributed by atoms with E-state index in [4.69, 9.17) is 0 Å². The van der Waals surface area contributed by atoms with Gasteiger partial charge in [0.2, 0.25) is 0 Å². The maximum absolute atomic E-state index is 3.88. The Morgan fingerprint density at radius 2 is 1.62 bits per heavy atom. The molecule has 126 valence electrons. The van der Waals surface area contributed by atoms with E-state index in [1.54, 1.807) is 0 Å². The fraction of sp³-hybridized carbons (Fsp3) is 1.00. The SMILES string of the molecule is CCN(CC)CCCC(C)NC1CCC(C(C)(C)C)CC1. The molecule has 1 N–H and O–H groups in total. The molecule has 1 unspecified atom stereocenters. The van der Waals surface area contributed by atoms with Crippen molar-refractivity contribution in [2.75, 3.05) is 19.6 Å². The lowest BCUT2D eigenvalue weighted by molar-refractivity contribution is 0.155. The van der Waals surface area contributed by atoms with Crippen LogP contribution in [0.25, 0.3) is 0 Å². The summed E-state index contributed by atoms with van der Waals surface area (Å²) in [6, 6.07) is 1.45. The highest BCUT2D eigenvalue weighted by molar-refractivity contribution is 4.84. The van der Waals surface area contributed by atoms with Crippen LogP contribution in [0.1, 0.15) is 80.1 Å². The summed E-state index contributed by atoms with van der Waals surface area (Å²) in [7, 11) is 0. The molecule has 2 heteroatoms. The molecule has 0 bridgehead atoms. The molecule has 0 aromatic heterocycles. The average molecular weight is 297 g/mol. The van der Waals surface area contributed by atoms with Gasteiger partial charge in [0.25, 0.3) is 0 Å². The molecular formula is C19H40N2. The molecule has 0 aromatic carbocycles. The molecule has 0 aliphatic heterocycles. The van der Waals surface area contributed by atoms with E-state index in [9.17, 15) is 0 Å². The molecule has 0 spiro atoms. The highest BCUT2D eigenvalue weighted by Crippen LogP contribution is 2.37. The molecule has 1 fully saturated rings. The van der Waals surface area contributed by atoms with Gasteiger partial charge in [-0.15, -0.1) is 0 Å². The predicted octanol–water partition coefficient (Wildman–Crippen LogP) is 4.69. The van der Waals surface area contributed by atoms with E-state index in [1.807, 2.05) is 0 Å². The lowest BCUT2D eigenvalue weighted by Gasteiger charge is -2.38. The summed E-state index contributed by atoms with van der Waals surface area (Å²) in [6.45, 7) is 17.7. The molecule has 2 nitrogen and oxygen atoms in total. The third-order valence-corrected chi connectivity index (χ3v) is 5.48. The van der Waals surface area contributed by atoms with Gasteiger partial charge in [0.15, 0.2) is 0 Å². The average Bonchev–Trinajstić information content (AvgIpc) is 2.43. The topological polar surface area (TPSA) is 15.3 Å². The van der Waals surface area contributed by atoms with Crippen molar-refractivity contribution in [1.29, 1.82) is 0 Å². The second-order valence-electron chi connectivity index (χ2n) is 8.15. The molecule has 1 rings (SSSR count). The highest BCUT2D eigenvalue weighted by atomic mass is 15.1. The number of hydrogen-bond acceptors (Lipinski definition) is 2. The second-order valence-corrected chi connectivity index (χ2v) is 8.15.